The first-order chi connectivity index (χ1) is 24.2. The van der Waals surface area contributed by atoms with Gasteiger partial charge in [-0.15, -0.1) is 0 Å². The first-order valence-electron chi connectivity index (χ1n) is 16.6. The first kappa shape index (κ1) is 35.4. The van der Waals surface area contributed by atoms with Gasteiger partial charge < -0.3 is 29.7 Å². The molecule has 1 heterocycles. The minimum Gasteiger partial charge on any atom is -0.508 e. The fraction of sp³-hybridized carbons (Fsp3) is 0.250. The molecule has 4 N–H and O–H groups in total. The van der Waals surface area contributed by atoms with E-state index in [-0.39, 0.29) is 36.0 Å². The van der Waals surface area contributed by atoms with Gasteiger partial charge >= 0.3 is 0 Å². The predicted molar refractivity (Wildman–Crippen MR) is 191 cm³/mol. The van der Waals surface area contributed by atoms with Crippen LogP contribution in [0.1, 0.15) is 52.7 Å². The molecule has 5 aromatic carbocycles. The van der Waals surface area contributed by atoms with E-state index < -0.39 is 22.4 Å². The smallest absolute Gasteiger partial charge is 0.240 e. The van der Waals surface area contributed by atoms with Crippen molar-refractivity contribution in [2.24, 2.45) is 0 Å². The summed E-state index contributed by atoms with van der Waals surface area (Å²) in [5, 5.41) is 30.2. The molecule has 0 aromatic heterocycles. The van der Waals surface area contributed by atoms with E-state index in [0.29, 0.717) is 25.1 Å². The number of nitrogens with one attached hydrogen (secondary N) is 1. The van der Waals surface area contributed by atoms with Gasteiger partial charge in [-0.25, -0.2) is 13.1 Å². The van der Waals surface area contributed by atoms with Gasteiger partial charge in [0, 0.05) is 31.6 Å². The Labute approximate surface area is 293 Å². The van der Waals surface area contributed by atoms with E-state index in [9.17, 15) is 23.7 Å². The third-order valence-electron chi connectivity index (χ3n) is 8.83. The Morgan fingerprint density at radius 3 is 2.24 bits per heavy atom. The number of sulfonamides is 1. The molecule has 50 heavy (non-hydrogen) atoms. The van der Waals surface area contributed by atoms with Gasteiger partial charge in [0.05, 0.1) is 29.8 Å². The van der Waals surface area contributed by atoms with Gasteiger partial charge in [-0.05, 0) is 70.8 Å². The van der Waals surface area contributed by atoms with Crippen molar-refractivity contribution in [3.8, 4) is 16.9 Å². The number of phenols is 1. The minimum absolute atomic E-state index is 0.0367. The quantitative estimate of drug-likeness (QED) is 0.114. The summed E-state index contributed by atoms with van der Waals surface area (Å²) in [5.74, 6) is 0.111. The summed E-state index contributed by atoms with van der Waals surface area (Å²) >= 11 is 0. The second-order valence-corrected chi connectivity index (χ2v) is 14.4. The molecule has 0 radical (unpaired) electrons. The SMILES string of the molecule is CN(CC1CC(c2ccc(CO)cc2)OC(c2ccc(-c3cccc(CNS(=O)(=O)c4ccccc4)c3)cc2)O1)CC(O)c1cccc(O)c1. The van der Waals surface area contributed by atoms with Crippen molar-refractivity contribution >= 4 is 10.0 Å². The molecule has 4 atom stereocenters. The van der Waals surface area contributed by atoms with Crippen molar-refractivity contribution in [3.05, 3.63) is 155 Å². The largest absolute Gasteiger partial charge is 0.508 e. The summed E-state index contributed by atoms with van der Waals surface area (Å²) in [6.45, 7) is 1.02. The molecule has 1 aliphatic heterocycles. The van der Waals surface area contributed by atoms with Gasteiger partial charge in [0.25, 0.3) is 0 Å². The van der Waals surface area contributed by atoms with Crippen LogP contribution in [0.2, 0.25) is 0 Å². The Morgan fingerprint density at radius 2 is 1.52 bits per heavy atom. The van der Waals surface area contributed by atoms with Crippen molar-refractivity contribution in [3.63, 3.8) is 0 Å². The lowest BCUT2D eigenvalue weighted by Gasteiger charge is -2.38. The molecule has 260 valence electrons. The second-order valence-electron chi connectivity index (χ2n) is 12.6. The van der Waals surface area contributed by atoms with Crippen LogP contribution in [0, 0.1) is 0 Å². The van der Waals surface area contributed by atoms with Gasteiger partial charge in [0.1, 0.15) is 5.75 Å². The molecular weight excluding hydrogens is 653 g/mol. The average Bonchev–Trinajstić information content (AvgIpc) is 3.14. The number of benzene rings is 5. The first-order valence-corrected chi connectivity index (χ1v) is 18.1. The molecule has 9 nitrogen and oxygen atoms in total. The van der Waals surface area contributed by atoms with Crippen molar-refractivity contribution < 1.29 is 33.2 Å². The van der Waals surface area contributed by atoms with E-state index in [1.807, 2.05) is 84.7 Å². The van der Waals surface area contributed by atoms with Crippen molar-refractivity contribution in [2.75, 3.05) is 20.1 Å². The fourth-order valence-electron chi connectivity index (χ4n) is 6.14. The van der Waals surface area contributed by atoms with Gasteiger partial charge in [0.2, 0.25) is 10.0 Å². The summed E-state index contributed by atoms with van der Waals surface area (Å²) in [5.41, 5.74) is 6.05. The van der Waals surface area contributed by atoms with Crippen LogP contribution in [0.5, 0.6) is 5.75 Å². The topological polar surface area (TPSA) is 129 Å². The summed E-state index contributed by atoms with van der Waals surface area (Å²) in [6, 6.07) is 38.4. The molecular formula is C40H42N2O7S. The highest BCUT2D eigenvalue weighted by atomic mass is 32.2. The molecule has 1 fully saturated rings. The molecule has 6 rings (SSSR count). The lowest BCUT2D eigenvalue weighted by atomic mass is 9.99. The van der Waals surface area contributed by atoms with E-state index in [2.05, 4.69) is 4.72 Å². The summed E-state index contributed by atoms with van der Waals surface area (Å²) < 4.78 is 41.2. The average molecular weight is 695 g/mol. The Kier molecular flexibility index (Phi) is 11.4. The van der Waals surface area contributed by atoms with Crippen molar-refractivity contribution in [1.82, 2.24) is 9.62 Å². The summed E-state index contributed by atoms with van der Waals surface area (Å²) in [6.07, 6.45) is -1.30. The van der Waals surface area contributed by atoms with Crippen LogP contribution in [0.15, 0.2) is 132 Å². The predicted octanol–water partition coefficient (Wildman–Crippen LogP) is 6.24. The lowest BCUT2D eigenvalue weighted by Crippen LogP contribution is -2.39. The van der Waals surface area contributed by atoms with Crippen LogP contribution in [0.3, 0.4) is 0 Å². The van der Waals surface area contributed by atoms with E-state index in [4.69, 9.17) is 9.47 Å². The molecule has 1 saturated heterocycles. The number of aliphatic hydroxyl groups excluding tert-OH is 2. The van der Waals surface area contributed by atoms with E-state index >= 15 is 0 Å². The standard InChI is InChI=1S/C40H42N2O7S/c1-42(26-38(45)34-9-6-10-35(44)22-34)25-36-23-39(31-15-13-28(27-43)14-16-31)49-40(48-36)32-19-17-30(18-20-32)33-8-5-7-29(21-33)24-41-50(46,47)37-11-3-2-4-12-37/h2-22,36,38-41,43-45H,23-27H2,1H3. The molecule has 0 spiro atoms. The number of aliphatic hydroxyl groups is 2. The molecule has 0 saturated carbocycles. The van der Waals surface area contributed by atoms with Gasteiger partial charge in [0.15, 0.2) is 6.29 Å². The Hall–Kier alpha value is -4.39. The Bertz CT molecular complexity index is 1950. The zero-order valence-corrected chi connectivity index (χ0v) is 28.6. The zero-order valence-electron chi connectivity index (χ0n) is 27.8. The van der Waals surface area contributed by atoms with Crippen molar-refractivity contribution in [2.45, 2.75) is 49.1 Å². The van der Waals surface area contributed by atoms with E-state index in [1.165, 1.54) is 0 Å². The zero-order chi connectivity index (χ0) is 35.1. The molecule has 4 unspecified atom stereocenters. The highest BCUT2D eigenvalue weighted by Gasteiger charge is 2.33. The number of likely N-dealkylation sites (N-methyl/N-ethyl adjacent to an activating group) is 1. The summed E-state index contributed by atoms with van der Waals surface area (Å²) in [7, 11) is -1.70. The number of ether oxygens (including phenoxy) is 2. The highest BCUT2D eigenvalue weighted by molar-refractivity contribution is 7.89. The van der Waals surface area contributed by atoms with Crippen LogP contribution in [0.25, 0.3) is 11.1 Å². The second kappa shape index (κ2) is 16.1. The molecule has 10 heteroatoms. The molecule has 0 bridgehead atoms. The maximum atomic E-state index is 12.7. The van der Waals surface area contributed by atoms with Gasteiger partial charge in [-0.2, -0.15) is 0 Å². The normalized spacial score (nSPS) is 18.6. The molecule has 0 amide bonds. The van der Waals surface area contributed by atoms with Crippen LogP contribution < -0.4 is 4.72 Å². The number of aromatic hydroxyl groups is 1. The number of nitrogens with zero attached hydrogens (tertiary/aromatic N) is 1. The minimum atomic E-state index is -3.63. The van der Waals surface area contributed by atoms with Crippen LogP contribution in [0.4, 0.5) is 0 Å². The maximum absolute atomic E-state index is 12.7. The van der Waals surface area contributed by atoms with E-state index in [0.717, 1.165) is 33.4 Å². The highest BCUT2D eigenvalue weighted by Crippen LogP contribution is 2.39. The third kappa shape index (κ3) is 9.04. The molecule has 5 aromatic rings. The van der Waals surface area contributed by atoms with Gasteiger partial charge in [-0.1, -0.05) is 97.1 Å². The number of hydrogen-bond acceptors (Lipinski definition) is 8. The number of hydrogen-bond donors (Lipinski definition) is 4. The van der Waals surface area contributed by atoms with Crippen molar-refractivity contribution in [1.29, 1.82) is 0 Å². The van der Waals surface area contributed by atoms with Crippen LogP contribution in [-0.4, -0.2) is 54.9 Å². The molecule has 0 aliphatic carbocycles. The van der Waals surface area contributed by atoms with Crippen LogP contribution >= 0.6 is 0 Å². The van der Waals surface area contributed by atoms with E-state index in [1.54, 1.807) is 54.6 Å². The third-order valence-corrected chi connectivity index (χ3v) is 10.2. The monoisotopic (exact) mass is 694 g/mol. The fourth-order valence-corrected chi connectivity index (χ4v) is 7.18. The van der Waals surface area contributed by atoms with Crippen LogP contribution in [-0.2, 0) is 32.6 Å². The molecule has 1 aliphatic rings. The maximum Gasteiger partial charge on any atom is 0.240 e. The Morgan fingerprint density at radius 1 is 0.800 bits per heavy atom. The number of rotatable bonds is 13. The summed E-state index contributed by atoms with van der Waals surface area (Å²) in [4.78, 5) is 2.24. The Balaban J connectivity index is 1.16. The lowest BCUT2D eigenvalue weighted by molar-refractivity contribution is -0.252. The van der Waals surface area contributed by atoms with Gasteiger partial charge in [-0.3, -0.25) is 0 Å². The number of phenolic OH excluding ortho intramolecular Hbond substituents is 1.